The fourth-order valence-electron chi connectivity index (χ4n) is 3.94. The largest absolute Gasteiger partial charge is 0.357 e. The number of halogens is 1. The number of nitrogens with one attached hydrogen (secondary N) is 1. The molecule has 166 valence electrons. The van der Waals surface area contributed by atoms with Gasteiger partial charge in [0, 0.05) is 36.6 Å². The van der Waals surface area contributed by atoms with Crippen LogP contribution in [0.2, 0.25) is 0 Å². The van der Waals surface area contributed by atoms with Crippen molar-refractivity contribution in [2.45, 2.75) is 38.6 Å². The number of pyridine rings is 1. The zero-order valence-corrected chi connectivity index (χ0v) is 17.8. The maximum Gasteiger partial charge on any atom is 0.277 e. The van der Waals surface area contributed by atoms with Gasteiger partial charge in [-0.2, -0.15) is 0 Å². The quantitative estimate of drug-likeness (QED) is 0.401. The van der Waals surface area contributed by atoms with Gasteiger partial charge in [-0.15, -0.1) is 0 Å². The smallest absolute Gasteiger partial charge is 0.277 e. The highest BCUT2D eigenvalue weighted by Crippen LogP contribution is 2.38. The Morgan fingerprint density at radius 2 is 2.16 bits per heavy atom. The van der Waals surface area contributed by atoms with Crippen molar-refractivity contribution in [3.8, 4) is 0 Å². The maximum atomic E-state index is 14.7. The zero-order chi connectivity index (χ0) is 22.8. The zero-order valence-electron chi connectivity index (χ0n) is 17.8. The molecule has 4 rings (SSSR count). The first kappa shape index (κ1) is 21.6. The minimum absolute atomic E-state index is 0.0198. The molecule has 3 aliphatic rings. The molecule has 1 N–H and O–H groups in total. The van der Waals surface area contributed by atoms with Crippen molar-refractivity contribution in [2.75, 3.05) is 13.1 Å². The van der Waals surface area contributed by atoms with E-state index >= 15 is 0 Å². The van der Waals surface area contributed by atoms with Crippen molar-refractivity contribution in [3.63, 3.8) is 0 Å². The number of carbonyl (C=O) groups is 3. The summed E-state index contributed by atoms with van der Waals surface area (Å²) in [7, 11) is 0. The Morgan fingerprint density at radius 3 is 2.81 bits per heavy atom. The van der Waals surface area contributed by atoms with Crippen molar-refractivity contribution < 1.29 is 18.8 Å². The van der Waals surface area contributed by atoms with Gasteiger partial charge in [0.15, 0.2) is 0 Å². The number of hydrogen-bond acceptors (Lipinski definition) is 6. The highest BCUT2D eigenvalue weighted by Gasteiger charge is 2.48. The van der Waals surface area contributed by atoms with E-state index in [1.807, 2.05) is 0 Å². The summed E-state index contributed by atoms with van der Waals surface area (Å²) in [5.74, 6) is -1.66. The summed E-state index contributed by atoms with van der Waals surface area (Å²) in [5.41, 5.74) is 1.75. The molecular formula is C23H24FN5O3. The molecule has 1 fully saturated rings. The van der Waals surface area contributed by atoms with Crippen molar-refractivity contribution in [1.29, 1.82) is 0 Å². The van der Waals surface area contributed by atoms with Gasteiger partial charge >= 0.3 is 0 Å². The lowest BCUT2D eigenvalue weighted by atomic mass is 10.0. The Labute approximate surface area is 185 Å². The molecule has 9 heteroatoms. The summed E-state index contributed by atoms with van der Waals surface area (Å²) in [4.78, 5) is 48.7. The molecule has 32 heavy (non-hydrogen) atoms. The molecule has 1 aliphatic carbocycles. The molecule has 2 aliphatic heterocycles. The molecule has 0 radical (unpaired) electrons. The van der Waals surface area contributed by atoms with E-state index in [1.54, 1.807) is 30.2 Å². The van der Waals surface area contributed by atoms with Crippen molar-refractivity contribution >= 4 is 30.0 Å². The number of amides is 3. The molecule has 1 aromatic heterocycles. The Bertz CT molecular complexity index is 1070. The lowest BCUT2D eigenvalue weighted by Gasteiger charge is -2.28. The molecular weight excluding hydrogens is 413 g/mol. The summed E-state index contributed by atoms with van der Waals surface area (Å²) in [6.07, 6.45) is 7.08. The Morgan fingerprint density at radius 1 is 1.38 bits per heavy atom. The van der Waals surface area contributed by atoms with Gasteiger partial charge in [-0.3, -0.25) is 24.3 Å². The second kappa shape index (κ2) is 8.86. The number of rotatable bonds is 7. The highest BCUT2D eigenvalue weighted by molar-refractivity contribution is 6.19. The van der Waals surface area contributed by atoms with E-state index < -0.39 is 11.7 Å². The van der Waals surface area contributed by atoms with Crippen LogP contribution in [0.4, 0.5) is 4.39 Å². The van der Waals surface area contributed by atoms with Crippen LogP contribution in [0, 0.1) is 0 Å². The monoisotopic (exact) mass is 437 g/mol. The van der Waals surface area contributed by atoms with Gasteiger partial charge in [0.25, 0.3) is 11.8 Å². The van der Waals surface area contributed by atoms with E-state index in [1.165, 1.54) is 11.1 Å². The maximum absolute atomic E-state index is 14.7. The number of imide groups is 1. The van der Waals surface area contributed by atoms with Crippen molar-refractivity contribution in [2.24, 2.45) is 4.99 Å². The van der Waals surface area contributed by atoms with Crippen LogP contribution in [0.15, 0.2) is 58.5 Å². The van der Waals surface area contributed by atoms with Gasteiger partial charge in [0.2, 0.25) is 5.91 Å². The van der Waals surface area contributed by atoms with Gasteiger partial charge in [-0.1, -0.05) is 6.07 Å². The third-order valence-corrected chi connectivity index (χ3v) is 5.76. The Balaban J connectivity index is 1.46. The van der Waals surface area contributed by atoms with E-state index in [9.17, 15) is 18.8 Å². The molecule has 3 heterocycles. The van der Waals surface area contributed by atoms with Gasteiger partial charge in [-0.05, 0) is 56.5 Å². The molecule has 3 amide bonds. The van der Waals surface area contributed by atoms with Crippen LogP contribution in [-0.4, -0.2) is 58.4 Å². The molecule has 1 aromatic rings. The second-order valence-electron chi connectivity index (χ2n) is 8.01. The van der Waals surface area contributed by atoms with Gasteiger partial charge in [-0.25, -0.2) is 9.38 Å². The minimum Gasteiger partial charge on any atom is -0.357 e. The van der Waals surface area contributed by atoms with Crippen LogP contribution in [0.1, 0.15) is 38.2 Å². The van der Waals surface area contributed by atoms with E-state index in [-0.39, 0.29) is 30.2 Å². The topological polar surface area (TPSA) is 95.0 Å². The fourth-order valence-corrected chi connectivity index (χ4v) is 3.94. The first-order valence-corrected chi connectivity index (χ1v) is 10.5. The normalized spacial score (nSPS) is 19.8. The van der Waals surface area contributed by atoms with Crippen LogP contribution < -0.4 is 5.32 Å². The SMILES string of the molecule is C=N/C(=C\C(F)=C(/C)c1cccnc1)NC(=O)CN1CCCC2=C1C(=O)N(C1CC1)C2=O. The van der Waals surface area contributed by atoms with Crippen LogP contribution in [-0.2, 0) is 14.4 Å². The predicted octanol–water partition coefficient (Wildman–Crippen LogP) is 2.32. The average molecular weight is 437 g/mol. The van der Waals surface area contributed by atoms with Crippen LogP contribution in [0.5, 0.6) is 0 Å². The number of aromatic nitrogens is 1. The predicted molar refractivity (Wildman–Crippen MR) is 116 cm³/mol. The molecule has 0 spiro atoms. The lowest BCUT2D eigenvalue weighted by molar-refractivity contribution is -0.138. The van der Waals surface area contributed by atoms with E-state index in [4.69, 9.17) is 0 Å². The highest BCUT2D eigenvalue weighted by atomic mass is 19.1. The third kappa shape index (κ3) is 4.23. The second-order valence-corrected chi connectivity index (χ2v) is 8.01. The number of aliphatic imine (C=N–C) groups is 1. The standard InChI is InChI=1S/C23H24FN5O3/c1-14(15-5-3-9-26-12-15)18(24)11-19(25-2)27-20(30)13-28-10-4-6-17-21(28)23(32)29(22(17)31)16-7-8-16/h3,5,9,11-12,16H,2,4,6-8,10,13H2,1H3,(H,27,30)/b18-14-,19-11+. The molecule has 0 unspecified atom stereocenters. The fraction of sp³-hybridized carbons (Fsp3) is 0.348. The van der Waals surface area contributed by atoms with Crippen molar-refractivity contribution in [3.05, 3.63) is 59.1 Å². The van der Waals surface area contributed by atoms with Crippen LogP contribution in [0.3, 0.4) is 0 Å². The molecule has 0 atom stereocenters. The number of allylic oxidation sites excluding steroid dienone is 3. The van der Waals surface area contributed by atoms with Crippen LogP contribution >= 0.6 is 0 Å². The van der Waals surface area contributed by atoms with Gasteiger partial charge < -0.3 is 10.2 Å². The van der Waals surface area contributed by atoms with Gasteiger partial charge in [0.1, 0.15) is 17.3 Å². The lowest BCUT2D eigenvalue weighted by Crippen LogP contribution is -2.41. The Kier molecular flexibility index (Phi) is 5.98. The molecule has 8 nitrogen and oxygen atoms in total. The minimum atomic E-state index is -0.583. The summed E-state index contributed by atoms with van der Waals surface area (Å²) in [5, 5.41) is 2.53. The van der Waals surface area contributed by atoms with Crippen molar-refractivity contribution in [1.82, 2.24) is 20.1 Å². The molecule has 0 saturated heterocycles. The molecule has 1 saturated carbocycles. The number of carbonyl (C=O) groups excluding carboxylic acids is 3. The Hall–Kier alpha value is -3.62. The number of nitrogens with zero attached hydrogens (tertiary/aromatic N) is 4. The van der Waals surface area contributed by atoms with E-state index in [0.29, 0.717) is 41.8 Å². The summed E-state index contributed by atoms with van der Waals surface area (Å²) < 4.78 is 14.7. The average Bonchev–Trinajstić information content (AvgIpc) is 3.59. The van der Waals surface area contributed by atoms with Gasteiger partial charge in [0.05, 0.1) is 6.54 Å². The molecule has 0 aromatic carbocycles. The third-order valence-electron chi connectivity index (χ3n) is 5.76. The molecule has 0 bridgehead atoms. The summed E-state index contributed by atoms with van der Waals surface area (Å²) in [6.45, 7) is 5.34. The summed E-state index contributed by atoms with van der Waals surface area (Å²) >= 11 is 0. The first-order valence-electron chi connectivity index (χ1n) is 10.5. The first-order chi connectivity index (χ1) is 15.4. The van der Waals surface area contributed by atoms with E-state index in [2.05, 4.69) is 22.0 Å². The van der Waals surface area contributed by atoms with E-state index in [0.717, 1.165) is 18.9 Å². The number of hydrogen-bond donors (Lipinski definition) is 1. The van der Waals surface area contributed by atoms with Crippen LogP contribution in [0.25, 0.3) is 5.57 Å². The summed E-state index contributed by atoms with van der Waals surface area (Å²) in [6, 6.07) is 3.40.